The first-order chi connectivity index (χ1) is 17.7. The lowest BCUT2D eigenvalue weighted by Gasteiger charge is -2.39. The van der Waals surface area contributed by atoms with Crippen molar-refractivity contribution in [3.63, 3.8) is 0 Å². The summed E-state index contributed by atoms with van der Waals surface area (Å²) in [4.78, 5) is 40.7. The van der Waals surface area contributed by atoms with Crippen LogP contribution in [0.2, 0.25) is 0 Å². The fraction of sp³-hybridized carbons (Fsp3) is 0.300. The summed E-state index contributed by atoms with van der Waals surface area (Å²) < 4.78 is 16.7. The molecule has 37 heavy (non-hydrogen) atoms. The molecule has 0 spiro atoms. The average molecular weight is 500 g/mol. The molecule has 1 aromatic heterocycles. The maximum Gasteiger partial charge on any atom is 0.337 e. The Morgan fingerprint density at radius 2 is 1.81 bits per heavy atom. The van der Waals surface area contributed by atoms with Crippen LogP contribution in [0.1, 0.15) is 50.7 Å². The highest BCUT2D eigenvalue weighted by Crippen LogP contribution is 2.46. The second-order valence-corrected chi connectivity index (χ2v) is 10.4. The Morgan fingerprint density at radius 1 is 1.08 bits per heavy atom. The number of allylic oxidation sites excluding steroid dienone is 3. The molecule has 1 aliphatic carbocycles. The van der Waals surface area contributed by atoms with Crippen molar-refractivity contribution in [2.45, 2.75) is 46.1 Å². The number of dihydropyridines is 1. The molecule has 1 N–H and O–H groups in total. The highest BCUT2D eigenvalue weighted by atomic mass is 16.5. The van der Waals surface area contributed by atoms with Gasteiger partial charge in [0.2, 0.25) is 0 Å². The molecule has 2 heterocycles. The summed E-state index contributed by atoms with van der Waals surface area (Å²) in [7, 11) is 1.58. The first-order valence-electron chi connectivity index (χ1n) is 12.2. The molecule has 0 saturated carbocycles. The van der Waals surface area contributed by atoms with Gasteiger partial charge < -0.3 is 19.2 Å². The van der Waals surface area contributed by atoms with E-state index in [1.807, 2.05) is 26.0 Å². The molecular formula is C30H29NO6. The SMILES string of the molecule is COc1ccc(COC(=O)C2=C(C)NC3=C(C(=O)CC(C)(C)C3)[C@H]2c2coc3ccccc3c2=O)cc1. The predicted molar refractivity (Wildman–Crippen MR) is 139 cm³/mol. The van der Waals surface area contributed by atoms with Crippen molar-refractivity contribution in [3.8, 4) is 5.75 Å². The van der Waals surface area contributed by atoms with Crippen LogP contribution in [0.4, 0.5) is 0 Å². The number of rotatable bonds is 5. The highest BCUT2D eigenvalue weighted by molar-refractivity contribution is 6.04. The zero-order valence-electron chi connectivity index (χ0n) is 21.3. The first kappa shape index (κ1) is 24.6. The van der Waals surface area contributed by atoms with Crippen molar-refractivity contribution < 1.29 is 23.5 Å². The maximum absolute atomic E-state index is 13.6. The zero-order chi connectivity index (χ0) is 26.3. The molecule has 0 bridgehead atoms. The van der Waals surface area contributed by atoms with E-state index in [2.05, 4.69) is 5.32 Å². The number of hydrogen-bond acceptors (Lipinski definition) is 7. The number of hydrogen-bond donors (Lipinski definition) is 1. The molecule has 0 saturated heterocycles. The molecule has 0 fully saturated rings. The van der Waals surface area contributed by atoms with Crippen LogP contribution >= 0.6 is 0 Å². The number of methoxy groups -OCH3 is 1. The smallest absolute Gasteiger partial charge is 0.337 e. The number of ketones is 1. The second kappa shape index (κ2) is 9.39. The molecule has 0 radical (unpaired) electrons. The Balaban J connectivity index is 1.58. The van der Waals surface area contributed by atoms with Gasteiger partial charge in [-0.05, 0) is 48.6 Å². The van der Waals surface area contributed by atoms with E-state index in [4.69, 9.17) is 13.9 Å². The predicted octanol–water partition coefficient (Wildman–Crippen LogP) is 5.15. The van der Waals surface area contributed by atoms with Gasteiger partial charge in [-0.3, -0.25) is 9.59 Å². The third-order valence-electron chi connectivity index (χ3n) is 7.01. The van der Waals surface area contributed by atoms with Gasteiger partial charge in [0.1, 0.15) is 17.9 Å². The van der Waals surface area contributed by atoms with Gasteiger partial charge in [0.15, 0.2) is 11.2 Å². The summed E-state index contributed by atoms with van der Waals surface area (Å²) in [5.41, 5.74) is 2.93. The second-order valence-electron chi connectivity index (χ2n) is 10.4. The summed E-state index contributed by atoms with van der Waals surface area (Å²) in [5, 5.41) is 3.69. The molecule has 1 aliphatic heterocycles. The van der Waals surface area contributed by atoms with Crippen LogP contribution in [-0.4, -0.2) is 18.9 Å². The van der Waals surface area contributed by atoms with E-state index < -0.39 is 11.9 Å². The molecule has 0 unspecified atom stereocenters. The molecule has 5 rings (SSSR count). The lowest BCUT2D eigenvalue weighted by Crippen LogP contribution is -2.39. The molecular weight excluding hydrogens is 470 g/mol. The summed E-state index contributed by atoms with van der Waals surface area (Å²) in [5.74, 6) is -0.873. The molecule has 0 amide bonds. The number of ether oxygens (including phenoxy) is 2. The van der Waals surface area contributed by atoms with Gasteiger partial charge in [-0.1, -0.05) is 38.1 Å². The molecule has 2 aromatic carbocycles. The van der Waals surface area contributed by atoms with E-state index in [0.29, 0.717) is 40.8 Å². The number of carbonyl (C=O) groups excluding carboxylic acids is 2. The van der Waals surface area contributed by atoms with Crippen LogP contribution in [-0.2, 0) is 20.9 Å². The molecule has 3 aromatic rings. The number of fused-ring (bicyclic) bond motifs is 1. The van der Waals surface area contributed by atoms with E-state index in [1.165, 1.54) is 6.26 Å². The number of Topliss-reactive ketones (excluding diaryl/α,β-unsaturated/α-hetero) is 1. The topological polar surface area (TPSA) is 94.8 Å². The van der Waals surface area contributed by atoms with Crippen LogP contribution in [0.3, 0.4) is 0 Å². The quantitative estimate of drug-likeness (QED) is 0.485. The number of esters is 1. The number of benzene rings is 2. The van der Waals surface area contributed by atoms with Crippen molar-refractivity contribution >= 4 is 22.7 Å². The lowest BCUT2D eigenvalue weighted by molar-refractivity contribution is -0.140. The summed E-state index contributed by atoms with van der Waals surface area (Å²) in [6.07, 6.45) is 2.31. The van der Waals surface area contributed by atoms with E-state index in [-0.39, 0.29) is 34.4 Å². The van der Waals surface area contributed by atoms with Crippen LogP contribution in [0.15, 0.2) is 86.5 Å². The Kier molecular flexibility index (Phi) is 6.23. The minimum absolute atomic E-state index is 0.0333. The average Bonchev–Trinajstić information content (AvgIpc) is 2.86. The number of nitrogens with one attached hydrogen (secondary N) is 1. The van der Waals surface area contributed by atoms with Gasteiger partial charge in [-0.25, -0.2) is 4.79 Å². The van der Waals surface area contributed by atoms with Crippen molar-refractivity contribution in [2.75, 3.05) is 7.11 Å². The molecule has 2 aliphatic rings. The van der Waals surface area contributed by atoms with Crippen molar-refractivity contribution in [2.24, 2.45) is 5.41 Å². The van der Waals surface area contributed by atoms with Gasteiger partial charge in [-0.2, -0.15) is 0 Å². The van der Waals surface area contributed by atoms with Crippen molar-refractivity contribution in [3.05, 3.63) is 98.7 Å². The van der Waals surface area contributed by atoms with Gasteiger partial charge >= 0.3 is 5.97 Å². The van der Waals surface area contributed by atoms with Gasteiger partial charge in [-0.15, -0.1) is 0 Å². The zero-order valence-corrected chi connectivity index (χ0v) is 21.3. The minimum atomic E-state index is -0.885. The maximum atomic E-state index is 13.6. The third-order valence-corrected chi connectivity index (χ3v) is 7.01. The van der Waals surface area contributed by atoms with Crippen LogP contribution in [0.25, 0.3) is 11.0 Å². The third kappa shape index (κ3) is 4.57. The van der Waals surface area contributed by atoms with E-state index in [1.54, 1.807) is 50.4 Å². The fourth-order valence-electron chi connectivity index (χ4n) is 5.26. The minimum Gasteiger partial charge on any atom is -0.497 e. The van der Waals surface area contributed by atoms with Gasteiger partial charge in [0.25, 0.3) is 0 Å². The molecule has 190 valence electrons. The molecule has 1 atom stereocenters. The van der Waals surface area contributed by atoms with Crippen LogP contribution < -0.4 is 15.5 Å². The Hall–Kier alpha value is -4.13. The van der Waals surface area contributed by atoms with Crippen molar-refractivity contribution in [1.82, 2.24) is 5.32 Å². The van der Waals surface area contributed by atoms with Gasteiger partial charge in [0.05, 0.1) is 30.3 Å². The highest BCUT2D eigenvalue weighted by Gasteiger charge is 2.44. The Morgan fingerprint density at radius 3 is 2.54 bits per heavy atom. The molecule has 7 nitrogen and oxygen atoms in total. The standard InChI is InChI=1S/C30H29NO6/c1-17-25(29(34)37-15-18-9-11-19(35-4)12-10-18)26(27-22(31-17)13-30(2,3)14-23(27)32)21-16-36-24-8-6-5-7-20(24)28(21)33/h5-12,16,26,31H,13-15H2,1-4H3/t26-/m0/s1. The van der Waals surface area contributed by atoms with E-state index >= 15 is 0 Å². The molecule has 7 heteroatoms. The summed E-state index contributed by atoms with van der Waals surface area (Å²) in [6.45, 7) is 5.88. The van der Waals surface area contributed by atoms with Crippen LogP contribution in [0, 0.1) is 5.41 Å². The number of para-hydroxylation sites is 1. The fourth-order valence-corrected chi connectivity index (χ4v) is 5.26. The largest absolute Gasteiger partial charge is 0.497 e. The summed E-state index contributed by atoms with van der Waals surface area (Å²) >= 11 is 0. The number of carbonyl (C=O) groups is 2. The first-order valence-corrected chi connectivity index (χ1v) is 12.2. The van der Waals surface area contributed by atoms with E-state index in [9.17, 15) is 14.4 Å². The normalized spacial score (nSPS) is 18.9. The Labute approximate surface area is 214 Å². The summed E-state index contributed by atoms with van der Waals surface area (Å²) in [6, 6.07) is 14.2. The van der Waals surface area contributed by atoms with Gasteiger partial charge in [0, 0.05) is 29.0 Å². The van der Waals surface area contributed by atoms with Crippen molar-refractivity contribution in [1.29, 1.82) is 0 Å². The van der Waals surface area contributed by atoms with Crippen LogP contribution in [0.5, 0.6) is 5.75 Å². The monoisotopic (exact) mass is 499 g/mol. The van der Waals surface area contributed by atoms with E-state index in [0.717, 1.165) is 11.3 Å². The Bertz CT molecular complexity index is 1520. The lowest BCUT2D eigenvalue weighted by atomic mass is 9.68.